The third-order valence-electron chi connectivity index (χ3n) is 6.50. The number of hydrogen-bond acceptors (Lipinski definition) is 7. The van der Waals surface area contributed by atoms with Gasteiger partial charge >= 0.3 is 0 Å². The number of benzene rings is 1. The molecule has 4 heterocycles. The minimum absolute atomic E-state index is 0.0605. The van der Waals surface area contributed by atoms with Crippen LogP contribution in [0.4, 0.5) is 23.0 Å². The Hall–Kier alpha value is -2.33. The van der Waals surface area contributed by atoms with E-state index in [1.54, 1.807) is 11.9 Å². The number of hydrogen-bond donors (Lipinski definition) is 3. The van der Waals surface area contributed by atoms with Gasteiger partial charge < -0.3 is 19.9 Å². The van der Waals surface area contributed by atoms with Gasteiger partial charge in [-0.05, 0) is 56.0 Å². The fourth-order valence-corrected chi connectivity index (χ4v) is 6.40. The van der Waals surface area contributed by atoms with Crippen LogP contribution >= 0.6 is 10.6 Å². The highest BCUT2D eigenvalue weighted by atomic mass is 32.3. The molecule has 166 valence electrons. The summed E-state index contributed by atoms with van der Waals surface area (Å²) in [6.45, 7) is 3.31. The normalized spacial score (nSPS) is 24.0. The Bertz CT molecular complexity index is 1020. The molecule has 1 aromatic heterocycles. The molecule has 3 aliphatic rings. The van der Waals surface area contributed by atoms with Gasteiger partial charge in [-0.15, -0.1) is 0 Å². The number of nitrogens with one attached hydrogen (secondary N) is 1. The predicted molar refractivity (Wildman–Crippen MR) is 123 cm³/mol. The van der Waals surface area contributed by atoms with Crippen molar-refractivity contribution in [1.29, 1.82) is 0 Å². The Morgan fingerprint density at radius 3 is 2.74 bits per heavy atom. The Balaban J connectivity index is 1.49. The molecule has 0 saturated carbocycles. The highest BCUT2D eigenvalue weighted by molar-refractivity contribution is 8.24. The molecular formula is C22H28N4O4S. The summed E-state index contributed by atoms with van der Waals surface area (Å²) in [6.07, 6.45) is 2.42. The summed E-state index contributed by atoms with van der Waals surface area (Å²) in [5.41, 5.74) is 2.55. The van der Waals surface area contributed by atoms with Crippen LogP contribution in [0.3, 0.4) is 0 Å². The first-order chi connectivity index (χ1) is 14.8. The van der Waals surface area contributed by atoms with Gasteiger partial charge in [-0.1, -0.05) is 6.07 Å². The number of carbonyl (C=O) groups excluding carboxylic acids is 1. The van der Waals surface area contributed by atoms with E-state index in [1.165, 1.54) is 0 Å². The number of pyridine rings is 1. The van der Waals surface area contributed by atoms with Crippen molar-refractivity contribution in [2.24, 2.45) is 0 Å². The third-order valence-corrected chi connectivity index (χ3v) is 8.36. The summed E-state index contributed by atoms with van der Waals surface area (Å²) in [7, 11) is -0.913. The molecule has 3 N–H and O–H groups in total. The highest BCUT2D eigenvalue weighted by Gasteiger charge is 2.39. The molecule has 0 aliphatic carbocycles. The van der Waals surface area contributed by atoms with Crippen molar-refractivity contribution in [3.63, 3.8) is 0 Å². The van der Waals surface area contributed by atoms with E-state index in [0.29, 0.717) is 36.1 Å². The van der Waals surface area contributed by atoms with Gasteiger partial charge in [-0.3, -0.25) is 13.9 Å². The van der Waals surface area contributed by atoms with Gasteiger partial charge in [0.2, 0.25) is 5.91 Å². The number of ether oxygens (including phenoxy) is 1. The van der Waals surface area contributed by atoms with E-state index >= 15 is 0 Å². The topological polar surface area (TPSA) is 98.2 Å². The number of carbonyl (C=O) groups is 1. The average Bonchev–Trinajstić information content (AvgIpc) is 3.07. The minimum atomic E-state index is -2.70. The zero-order chi connectivity index (χ0) is 21.8. The Labute approximate surface area is 183 Å². The molecule has 0 bridgehead atoms. The van der Waals surface area contributed by atoms with Gasteiger partial charge in [-0.25, -0.2) is 4.98 Å². The van der Waals surface area contributed by atoms with Gasteiger partial charge in [0, 0.05) is 37.7 Å². The van der Waals surface area contributed by atoms with Crippen molar-refractivity contribution in [2.45, 2.75) is 43.2 Å². The van der Waals surface area contributed by atoms with E-state index in [-0.39, 0.29) is 18.0 Å². The van der Waals surface area contributed by atoms with Crippen molar-refractivity contribution in [3.05, 3.63) is 35.9 Å². The molecule has 0 spiro atoms. The van der Waals surface area contributed by atoms with Crippen LogP contribution in [0.5, 0.6) is 0 Å². The Morgan fingerprint density at radius 1 is 1.19 bits per heavy atom. The number of aryl methyl sites for hydroxylation is 1. The maximum Gasteiger partial charge on any atom is 0.249 e. The van der Waals surface area contributed by atoms with Crippen molar-refractivity contribution in [1.82, 2.24) is 4.98 Å². The molecule has 2 aromatic rings. The second-order valence-corrected chi connectivity index (χ2v) is 10.6. The van der Waals surface area contributed by atoms with Gasteiger partial charge in [-0.2, -0.15) is 10.6 Å². The molecule has 31 heavy (non-hydrogen) atoms. The largest absolute Gasteiger partial charge is 0.381 e. The monoisotopic (exact) mass is 444 g/mol. The van der Waals surface area contributed by atoms with E-state index in [2.05, 4.69) is 10.2 Å². The average molecular weight is 445 g/mol. The van der Waals surface area contributed by atoms with Gasteiger partial charge in [0.15, 0.2) is 5.82 Å². The van der Waals surface area contributed by atoms with E-state index in [1.807, 2.05) is 37.3 Å². The van der Waals surface area contributed by atoms with Crippen LogP contribution in [-0.4, -0.2) is 58.1 Å². The van der Waals surface area contributed by atoms with Gasteiger partial charge in [0.1, 0.15) is 11.9 Å². The van der Waals surface area contributed by atoms with E-state index in [4.69, 9.17) is 9.72 Å². The smallest absolute Gasteiger partial charge is 0.249 e. The van der Waals surface area contributed by atoms with E-state index < -0.39 is 10.6 Å². The zero-order valence-corrected chi connectivity index (χ0v) is 18.6. The van der Waals surface area contributed by atoms with Crippen LogP contribution in [0.1, 0.15) is 25.3 Å². The molecular weight excluding hydrogens is 416 g/mol. The van der Waals surface area contributed by atoms with E-state index in [9.17, 15) is 13.9 Å². The third kappa shape index (κ3) is 3.55. The minimum Gasteiger partial charge on any atom is -0.381 e. The summed E-state index contributed by atoms with van der Waals surface area (Å²) in [6, 6.07) is 9.38. The number of rotatable bonds is 3. The Morgan fingerprint density at radius 2 is 1.97 bits per heavy atom. The van der Waals surface area contributed by atoms with Crippen molar-refractivity contribution in [3.8, 4) is 0 Å². The summed E-state index contributed by atoms with van der Waals surface area (Å²) in [5, 5.41) is 3.31. The Kier molecular flexibility index (Phi) is 5.09. The molecule has 0 radical (unpaired) electrons. The van der Waals surface area contributed by atoms with Crippen LogP contribution < -0.4 is 15.1 Å². The second-order valence-electron chi connectivity index (χ2n) is 8.43. The zero-order valence-electron chi connectivity index (χ0n) is 17.7. The molecule has 9 heteroatoms. The molecule has 1 aromatic carbocycles. The van der Waals surface area contributed by atoms with Crippen molar-refractivity contribution >= 4 is 39.5 Å². The molecule has 1 atom stereocenters. The lowest BCUT2D eigenvalue weighted by Crippen LogP contribution is -2.56. The lowest BCUT2D eigenvalue weighted by Gasteiger charge is -2.44. The standard InChI is InChI=1S/C22H28N4O4S/c1-14-22(27)25(2)18-5-6-20(24-21(18)26(14)17-7-10-30-11-8-17)23-16-4-3-15-9-12-31(28,29)19(15)13-16/h3-6,13-14,17,28-29H,7-12H2,1-2H3,(H,23,24)/t14-/m1/s1. The molecule has 0 unspecified atom stereocenters. The van der Waals surface area contributed by atoms with Crippen molar-refractivity contribution in [2.75, 3.05) is 41.1 Å². The summed E-state index contributed by atoms with van der Waals surface area (Å²) < 4.78 is 26.1. The first-order valence-electron chi connectivity index (χ1n) is 10.7. The predicted octanol–water partition coefficient (Wildman–Crippen LogP) is 3.84. The molecule has 1 fully saturated rings. The summed E-state index contributed by atoms with van der Waals surface area (Å²) >= 11 is 0. The first kappa shape index (κ1) is 20.6. The summed E-state index contributed by atoms with van der Waals surface area (Å²) in [4.78, 5) is 22.2. The quantitative estimate of drug-likeness (QED) is 0.662. The molecule has 1 amide bonds. The lowest BCUT2D eigenvalue weighted by molar-refractivity contribution is -0.119. The maximum atomic E-state index is 12.9. The SMILES string of the molecule is C[C@@H]1C(=O)N(C)c2ccc(Nc3ccc4c(c3)S(O)(O)CC4)nc2N1C1CCOCC1. The van der Waals surface area contributed by atoms with Gasteiger partial charge in [0.25, 0.3) is 0 Å². The fourth-order valence-electron chi connectivity index (χ4n) is 4.77. The van der Waals surface area contributed by atoms with E-state index in [0.717, 1.165) is 35.6 Å². The van der Waals surface area contributed by atoms with Crippen LogP contribution in [0.25, 0.3) is 0 Å². The fraction of sp³-hybridized carbons (Fsp3) is 0.455. The molecule has 3 aliphatic heterocycles. The van der Waals surface area contributed by atoms with Crippen LogP contribution in [-0.2, 0) is 16.0 Å². The second kappa shape index (κ2) is 7.67. The van der Waals surface area contributed by atoms with Crippen LogP contribution in [0.15, 0.2) is 35.2 Å². The highest BCUT2D eigenvalue weighted by Crippen LogP contribution is 2.55. The van der Waals surface area contributed by atoms with Crippen LogP contribution in [0, 0.1) is 0 Å². The maximum absolute atomic E-state index is 12.9. The van der Waals surface area contributed by atoms with Gasteiger partial charge in [0.05, 0.1) is 10.6 Å². The number of likely N-dealkylation sites (N-methyl/N-ethyl adjacent to an activating group) is 1. The number of amides is 1. The lowest BCUT2D eigenvalue weighted by atomic mass is 10.0. The van der Waals surface area contributed by atoms with Crippen LogP contribution in [0.2, 0.25) is 0 Å². The number of aromatic nitrogens is 1. The number of anilines is 4. The molecule has 1 saturated heterocycles. The number of fused-ring (bicyclic) bond motifs is 2. The molecule has 5 rings (SSSR count). The number of nitrogens with zero attached hydrogens (tertiary/aromatic N) is 3. The molecule has 8 nitrogen and oxygen atoms in total. The van der Waals surface area contributed by atoms with Crippen molar-refractivity contribution < 1.29 is 18.6 Å². The first-order valence-corrected chi connectivity index (χ1v) is 12.4. The summed E-state index contributed by atoms with van der Waals surface area (Å²) in [5.74, 6) is 1.89.